The second-order valence-corrected chi connectivity index (χ2v) is 5.80. The fourth-order valence-electron chi connectivity index (χ4n) is 1.94. The van der Waals surface area contributed by atoms with E-state index in [0.717, 1.165) is 22.8 Å². The number of aromatic nitrogens is 1. The molecule has 23 heavy (non-hydrogen) atoms. The second kappa shape index (κ2) is 8.50. The number of hydrogen-bond donors (Lipinski definition) is 2. The summed E-state index contributed by atoms with van der Waals surface area (Å²) < 4.78 is 10.7. The van der Waals surface area contributed by atoms with Crippen LogP contribution in [-0.2, 0) is 0 Å². The Morgan fingerprint density at radius 1 is 1.26 bits per heavy atom. The highest BCUT2D eigenvalue weighted by atomic mass is 16.5. The minimum atomic E-state index is -0.522. The van der Waals surface area contributed by atoms with Crippen molar-refractivity contribution in [2.24, 2.45) is 0 Å². The number of hydrogen-bond acceptors (Lipinski definition) is 5. The van der Waals surface area contributed by atoms with Gasteiger partial charge in [0.1, 0.15) is 18.5 Å². The highest BCUT2D eigenvalue weighted by Crippen LogP contribution is 2.15. The van der Waals surface area contributed by atoms with E-state index in [1.54, 1.807) is 0 Å². The van der Waals surface area contributed by atoms with Gasteiger partial charge in [0.15, 0.2) is 5.76 Å². The van der Waals surface area contributed by atoms with Crippen molar-refractivity contribution in [3.05, 3.63) is 47.3 Å². The van der Waals surface area contributed by atoms with Crippen molar-refractivity contribution in [1.29, 1.82) is 0 Å². The van der Waals surface area contributed by atoms with Gasteiger partial charge in [-0.3, -0.25) is 0 Å². The van der Waals surface area contributed by atoms with Gasteiger partial charge in [-0.25, -0.2) is 0 Å². The van der Waals surface area contributed by atoms with Crippen molar-refractivity contribution in [2.45, 2.75) is 32.9 Å². The molecule has 0 saturated carbocycles. The van der Waals surface area contributed by atoms with Crippen molar-refractivity contribution in [1.82, 2.24) is 10.5 Å². The average molecular weight is 316 g/mol. The Kier molecular flexibility index (Phi) is 6.38. The van der Waals surface area contributed by atoms with Crippen LogP contribution in [0.3, 0.4) is 0 Å². The quantitative estimate of drug-likeness (QED) is 0.784. The molecule has 1 heterocycles. The summed E-state index contributed by atoms with van der Waals surface area (Å²) in [6, 6.07) is 9.90. The van der Waals surface area contributed by atoms with E-state index in [9.17, 15) is 5.11 Å². The van der Waals surface area contributed by atoms with Crippen LogP contribution in [0.25, 0.3) is 12.2 Å². The monoisotopic (exact) mass is 316 g/mol. The fraction of sp³-hybridized carbons (Fsp3) is 0.389. The molecule has 2 aromatic rings. The number of aliphatic hydroxyl groups excluding tert-OH is 1. The van der Waals surface area contributed by atoms with Gasteiger partial charge in [0, 0.05) is 18.7 Å². The summed E-state index contributed by atoms with van der Waals surface area (Å²) in [5.74, 6) is 1.46. The van der Waals surface area contributed by atoms with Crippen molar-refractivity contribution in [3.63, 3.8) is 0 Å². The molecule has 0 bridgehead atoms. The van der Waals surface area contributed by atoms with Crippen LogP contribution in [0.15, 0.2) is 34.9 Å². The van der Waals surface area contributed by atoms with Gasteiger partial charge >= 0.3 is 0 Å². The highest BCUT2D eigenvalue weighted by Gasteiger charge is 2.05. The van der Waals surface area contributed by atoms with E-state index in [0.29, 0.717) is 12.6 Å². The lowest BCUT2D eigenvalue weighted by atomic mass is 10.2. The number of ether oxygens (including phenoxy) is 1. The maximum Gasteiger partial charge on any atom is 0.159 e. The van der Waals surface area contributed by atoms with Gasteiger partial charge in [-0.1, -0.05) is 37.2 Å². The Bertz CT molecular complexity index is 617. The standard InChI is InChI=1S/C18H24N2O3/c1-13(2)19-11-16(21)12-22-17-7-4-15(5-8-17)6-9-18-10-14(3)20-23-18/h4-10,13,16,19,21H,11-12H2,1-3H3/b9-6+/t16-/m1/s1. The summed E-state index contributed by atoms with van der Waals surface area (Å²) in [6.07, 6.45) is 3.30. The van der Waals surface area contributed by atoms with E-state index in [1.165, 1.54) is 0 Å². The summed E-state index contributed by atoms with van der Waals surface area (Å²) in [5, 5.41) is 16.8. The summed E-state index contributed by atoms with van der Waals surface area (Å²) in [7, 11) is 0. The summed E-state index contributed by atoms with van der Waals surface area (Å²) in [5.41, 5.74) is 1.90. The number of aliphatic hydroxyl groups is 1. The number of nitrogens with one attached hydrogen (secondary N) is 1. The van der Waals surface area contributed by atoms with Crippen LogP contribution in [0.5, 0.6) is 5.75 Å². The minimum absolute atomic E-state index is 0.270. The molecule has 0 unspecified atom stereocenters. The van der Waals surface area contributed by atoms with Crippen LogP contribution >= 0.6 is 0 Å². The molecular formula is C18H24N2O3. The van der Waals surface area contributed by atoms with Gasteiger partial charge in [-0.05, 0) is 30.7 Å². The lowest BCUT2D eigenvalue weighted by Gasteiger charge is -2.15. The topological polar surface area (TPSA) is 67.5 Å². The zero-order valence-electron chi connectivity index (χ0n) is 13.8. The Morgan fingerprint density at radius 2 is 2.00 bits per heavy atom. The van der Waals surface area contributed by atoms with Crippen LogP contribution in [0.2, 0.25) is 0 Å². The largest absolute Gasteiger partial charge is 0.491 e. The molecule has 1 atom stereocenters. The first-order valence-electron chi connectivity index (χ1n) is 7.78. The van der Waals surface area contributed by atoms with E-state index in [2.05, 4.69) is 10.5 Å². The van der Waals surface area contributed by atoms with Crippen molar-refractivity contribution >= 4 is 12.2 Å². The van der Waals surface area contributed by atoms with Crippen LogP contribution in [0.4, 0.5) is 0 Å². The van der Waals surface area contributed by atoms with E-state index in [4.69, 9.17) is 9.26 Å². The Morgan fingerprint density at radius 3 is 2.61 bits per heavy atom. The lowest BCUT2D eigenvalue weighted by Crippen LogP contribution is -2.35. The molecule has 0 amide bonds. The number of nitrogens with zero attached hydrogens (tertiary/aromatic N) is 1. The van der Waals surface area contributed by atoms with Crippen LogP contribution in [-0.4, -0.2) is 35.6 Å². The predicted octanol–water partition coefficient (Wildman–Crippen LogP) is 2.89. The summed E-state index contributed by atoms with van der Waals surface area (Å²) in [4.78, 5) is 0. The van der Waals surface area contributed by atoms with Crippen LogP contribution in [0.1, 0.15) is 30.9 Å². The fourth-order valence-corrected chi connectivity index (χ4v) is 1.94. The molecule has 5 heteroatoms. The Balaban J connectivity index is 1.81. The highest BCUT2D eigenvalue weighted by molar-refractivity contribution is 5.67. The average Bonchev–Trinajstić information content (AvgIpc) is 2.95. The molecule has 0 saturated heterocycles. The van der Waals surface area contributed by atoms with E-state index in [1.807, 2.05) is 63.3 Å². The first-order valence-corrected chi connectivity index (χ1v) is 7.78. The van der Waals surface area contributed by atoms with Gasteiger partial charge in [-0.15, -0.1) is 0 Å². The predicted molar refractivity (Wildman–Crippen MR) is 91.3 cm³/mol. The summed E-state index contributed by atoms with van der Waals surface area (Å²) in [6.45, 7) is 6.76. The molecule has 5 nitrogen and oxygen atoms in total. The van der Waals surface area contributed by atoms with E-state index >= 15 is 0 Å². The molecule has 1 aromatic heterocycles. The molecule has 0 radical (unpaired) electrons. The molecule has 2 N–H and O–H groups in total. The minimum Gasteiger partial charge on any atom is -0.491 e. The smallest absolute Gasteiger partial charge is 0.159 e. The molecule has 124 valence electrons. The van der Waals surface area contributed by atoms with Crippen molar-refractivity contribution < 1.29 is 14.4 Å². The summed E-state index contributed by atoms with van der Waals surface area (Å²) >= 11 is 0. The first-order chi connectivity index (χ1) is 11.0. The maximum atomic E-state index is 9.81. The molecular weight excluding hydrogens is 292 g/mol. The van der Waals surface area contributed by atoms with Crippen LogP contribution in [0, 0.1) is 6.92 Å². The van der Waals surface area contributed by atoms with Crippen molar-refractivity contribution in [2.75, 3.05) is 13.2 Å². The molecule has 2 rings (SSSR count). The van der Waals surface area contributed by atoms with Gasteiger partial charge in [0.05, 0.1) is 5.69 Å². The molecule has 0 aliphatic rings. The molecule has 1 aromatic carbocycles. The number of benzene rings is 1. The van der Waals surface area contributed by atoms with E-state index in [-0.39, 0.29) is 6.61 Å². The third-order valence-corrected chi connectivity index (χ3v) is 3.17. The normalized spacial score (nSPS) is 12.9. The van der Waals surface area contributed by atoms with Crippen LogP contribution < -0.4 is 10.1 Å². The lowest BCUT2D eigenvalue weighted by molar-refractivity contribution is 0.104. The maximum absolute atomic E-state index is 9.81. The Labute approximate surface area is 137 Å². The second-order valence-electron chi connectivity index (χ2n) is 5.80. The molecule has 0 fully saturated rings. The molecule has 0 aliphatic carbocycles. The third-order valence-electron chi connectivity index (χ3n) is 3.17. The Hall–Kier alpha value is -2.11. The van der Waals surface area contributed by atoms with Crippen molar-refractivity contribution in [3.8, 4) is 5.75 Å². The molecule has 0 spiro atoms. The zero-order valence-corrected chi connectivity index (χ0v) is 13.8. The zero-order chi connectivity index (χ0) is 16.7. The SMILES string of the molecule is Cc1cc(/C=C/c2ccc(OC[C@H](O)CNC(C)C)cc2)on1. The number of rotatable bonds is 8. The van der Waals surface area contributed by atoms with Gasteiger partial charge in [0.2, 0.25) is 0 Å². The molecule has 0 aliphatic heterocycles. The van der Waals surface area contributed by atoms with Gasteiger partial charge in [0.25, 0.3) is 0 Å². The van der Waals surface area contributed by atoms with E-state index < -0.39 is 6.10 Å². The van der Waals surface area contributed by atoms with Gasteiger partial charge in [-0.2, -0.15) is 0 Å². The first kappa shape index (κ1) is 17.2. The van der Waals surface area contributed by atoms with Gasteiger partial charge < -0.3 is 19.7 Å². The third kappa shape index (κ3) is 6.26. The number of aryl methyl sites for hydroxylation is 1.